The summed E-state index contributed by atoms with van der Waals surface area (Å²) in [6.07, 6.45) is 2.81. The van der Waals surface area contributed by atoms with Gasteiger partial charge in [0, 0.05) is 18.8 Å². The molecule has 0 aliphatic rings. The van der Waals surface area contributed by atoms with Crippen molar-refractivity contribution in [2.24, 2.45) is 12.8 Å². The van der Waals surface area contributed by atoms with E-state index < -0.39 is 17.5 Å². The molecule has 0 fully saturated rings. The number of carbonyl (C=O) groups is 1. The zero-order valence-electron chi connectivity index (χ0n) is 16.8. The highest BCUT2D eigenvalue weighted by Gasteiger charge is 2.17. The summed E-state index contributed by atoms with van der Waals surface area (Å²) in [6, 6.07) is 10.1. The summed E-state index contributed by atoms with van der Waals surface area (Å²) in [4.78, 5) is 32.9. The largest absolute Gasteiger partial charge is 0.366 e. The first-order valence-corrected chi connectivity index (χ1v) is 9.60. The SMILES string of the molecule is Cn1c(=O)n(Cc2cnc3c(c2)ncn3-c2c(F)cccc2F)c2cc(C(N)=O)ccc21. The van der Waals surface area contributed by atoms with Crippen LogP contribution in [0.15, 0.2) is 59.8 Å². The number of aromatic nitrogens is 5. The van der Waals surface area contributed by atoms with Crippen molar-refractivity contribution in [1.29, 1.82) is 0 Å². The number of para-hydroxylation sites is 1. The van der Waals surface area contributed by atoms with E-state index in [1.807, 2.05) is 0 Å². The summed E-state index contributed by atoms with van der Waals surface area (Å²) in [6.45, 7) is 0.155. The number of hydrogen-bond acceptors (Lipinski definition) is 4. The third-order valence-corrected chi connectivity index (χ3v) is 5.39. The van der Waals surface area contributed by atoms with Gasteiger partial charge in [0.15, 0.2) is 5.65 Å². The van der Waals surface area contributed by atoms with Gasteiger partial charge in [-0.15, -0.1) is 0 Å². The highest BCUT2D eigenvalue weighted by molar-refractivity contribution is 5.96. The van der Waals surface area contributed by atoms with Gasteiger partial charge in [0.05, 0.1) is 17.6 Å². The van der Waals surface area contributed by atoms with Crippen LogP contribution in [0.3, 0.4) is 0 Å². The van der Waals surface area contributed by atoms with Crippen molar-refractivity contribution in [2.45, 2.75) is 6.54 Å². The molecule has 0 bridgehead atoms. The highest BCUT2D eigenvalue weighted by Crippen LogP contribution is 2.23. The lowest BCUT2D eigenvalue weighted by Crippen LogP contribution is -2.22. The van der Waals surface area contributed by atoms with Crippen molar-refractivity contribution < 1.29 is 13.6 Å². The molecule has 5 aromatic rings. The van der Waals surface area contributed by atoms with E-state index >= 15 is 0 Å². The maximum atomic E-state index is 14.2. The molecule has 5 rings (SSSR count). The van der Waals surface area contributed by atoms with Gasteiger partial charge in [-0.1, -0.05) is 6.07 Å². The molecule has 32 heavy (non-hydrogen) atoms. The first-order chi connectivity index (χ1) is 15.3. The number of carbonyl (C=O) groups excluding carboxylic acids is 1. The average Bonchev–Trinajstić information content (AvgIpc) is 3.28. The fraction of sp³-hybridized carbons (Fsp3) is 0.0909. The number of pyridine rings is 1. The van der Waals surface area contributed by atoms with Crippen molar-refractivity contribution in [3.63, 3.8) is 0 Å². The molecule has 2 N–H and O–H groups in total. The monoisotopic (exact) mass is 434 g/mol. The van der Waals surface area contributed by atoms with Crippen LogP contribution in [0, 0.1) is 11.6 Å². The van der Waals surface area contributed by atoms with Gasteiger partial charge in [-0.2, -0.15) is 0 Å². The predicted octanol–water partition coefficient (Wildman–Crippen LogP) is 2.50. The van der Waals surface area contributed by atoms with E-state index in [1.54, 1.807) is 31.3 Å². The van der Waals surface area contributed by atoms with E-state index in [9.17, 15) is 18.4 Å². The Morgan fingerprint density at radius 3 is 2.53 bits per heavy atom. The summed E-state index contributed by atoms with van der Waals surface area (Å²) < 4.78 is 32.6. The van der Waals surface area contributed by atoms with Crippen LogP contribution in [0.2, 0.25) is 0 Å². The molecule has 0 radical (unpaired) electrons. The molecule has 3 aromatic heterocycles. The molecule has 0 aliphatic heterocycles. The van der Waals surface area contributed by atoms with Crippen LogP contribution in [-0.2, 0) is 13.6 Å². The fourth-order valence-corrected chi connectivity index (χ4v) is 3.81. The lowest BCUT2D eigenvalue weighted by atomic mass is 10.2. The average molecular weight is 434 g/mol. The van der Waals surface area contributed by atoms with Crippen LogP contribution in [0.25, 0.3) is 27.9 Å². The number of amides is 1. The molecule has 3 heterocycles. The van der Waals surface area contributed by atoms with Crippen molar-refractivity contribution in [3.8, 4) is 5.69 Å². The maximum Gasteiger partial charge on any atom is 0.329 e. The van der Waals surface area contributed by atoms with Gasteiger partial charge in [0.1, 0.15) is 29.2 Å². The number of nitrogens with two attached hydrogens (primary N) is 1. The number of benzene rings is 2. The smallest absolute Gasteiger partial charge is 0.329 e. The Labute approximate surface area is 179 Å². The molecule has 0 atom stereocenters. The van der Waals surface area contributed by atoms with E-state index in [1.165, 1.54) is 32.3 Å². The van der Waals surface area contributed by atoms with Crippen LogP contribution in [0.4, 0.5) is 8.78 Å². The number of primary amides is 1. The van der Waals surface area contributed by atoms with Gasteiger partial charge in [0.25, 0.3) is 0 Å². The van der Waals surface area contributed by atoms with Crippen LogP contribution < -0.4 is 11.4 Å². The predicted molar refractivity (Wildman–Crippen MR) is 114 cm³/mol. The van der Waals surface area contributed by atoms with Crippen LogP contribution in [0.5, 0.6) is 0 Å². The minimum atomic E-state index is -0.734. The number of halogens is 2. The van der Waals surface area contributed by atoms with Crippen molar-refractivity contribution >= 4 is 28.1 Å². The van der Waals surface area contributed by atoms with E-state index in [-0.39, 0.29) is 29.1 Å². The molecule has 160 valence electrons. The summed E-state index contributed by atoms with van der Waals surface area (Å²) >= 11 is 0. The van der Waals surface area contributed by atoms with Crippen LogP contribution >= 0.6 is 0 Å². The zero-order chi connectivity index (χ0) is 22.6. The topological polar surface area (TPSA) is 101 Å². The Morgan fingerprint density at radius 1 is 1.06 bits per heavy atom. The molecule has 0 spiro atoms. The summed E-state index contributed by atoms with van der Waals surface area (Å²) in [5, 5.41) is 0. The quantitative estimate of drug-likeness (QED) is 0.470. The molecule has 10 heteroatoms. The minimum Gasteiger partial charge on any atom is -0.366 e. The zero-order valence-corrected chi connectivity index (χ0v) is 16.8. The first kappa shape index (κ1) is 19.6. The minimum absolute atomic E-state index is 0.155. The molecular formula is C22H16F2N6O2. The van der Waals surface area contributed by atoms with E-state index in [0.29, 0.717) is 22.1 Å². The number of imidazole rings is 2. The van der Waals surface area contributed by atoms with Crippen LogP contribution in [0.1, 0.15) is 15.9 Å². The Morgan fingerprint density at radius 2 is 1.81 bits per heavy atom. The molecule has 0 unspecified atom stereocenters. The summed E-state index contributed by atoms with van der Waals surface area (Å²) in [7, 11) is 1.64. The van der Waals surface area contributed by atoms with Crippen molar-refractivity contribution in [2.75, 3.05) is 0 Å². The fourth-order valence-electron chi connectivity index (χ4n) is 3.81. The lowest BCUT2D eigenvalue weighted by Gasteiger charge is -2.07. The second-order valence-corrected chi connectivity index (χ2v) is 7.37. The second-order valence-electron chi connectivity index (χ2n) is 7.37. The maximum absolute atomic E-state index is 14.2. The number of rotatable bonds is 4. The Hall–Kier alpha value is -4.34. The second kappa shape index (κ2) is 7.12. The summed E-state index contributed by atoms with van der Waals surface area (Å²) in [5.41, 5.74) is 7.66. The third kappa shape index (κ3) is 2.96. The van der Waals surface area contributed by atoms with Gasteiger partial charge in [0.2, 0.25) is 5.91 Å². The Bertz CT molecular complexity index is 1580. The van der Waals surface area contributed by atoms with E-state index in [0.717, 1.165) is 12.1 Å². The first-order valence-electron chi connectivity index (χ1n) is 9.60. The van der Waals surface area contributed by atoms with Gasteiger partial charge >= 0.3 is 5.69 Å². The van der Waals surface area contributed by atoms with Gasteiger partial charge in [-0.05, 0) is 42.0 Å². The Balaban J connectivity index is 1.60. The summed E-state index contributed by atoms with van der Waals surface area (Å²) in [5.74, 6) is -2.06. The molecular weight excluding hydrogens is 418 g/mol. The number of hydrogen-bond donors (Lipinski definition) is 1. The number of aryl methyl sites for hydroxylation is 1. The van der Waals surface area contributed by atoms with Gasteiger partial charge in [-0.25, -0.2) is 23.5 Å². The van der Waals surface area contributed by atoms with Gasteiger partial charge < -0.3 is 5.73 Å². The molecule has 0 saturated carbocycles. The normalized spacial score (nSPS) is 11.5. The standard InChI is InChI=1S/C22H16F2N6O2/c1-28-17-6-5-13(20(25)31)8-18(17)29(22(28)32)10-12-7-16-21(26-9-12)30(11-27-16)19-14(23)3-2-4-15(19)24/h2-9,11H,10H2,1H3,(H2,25,31). The number of nitrogens with zero attached hydrogens (tertiary/aromatic N) is 5. The Kier molecular flexibility index (Phi) is 4.36. The lowest BCUT2D eigenvalue weighted by molar-refractivity contribution is 0.100. The van der Waals surface area contributed by atoms with E-state index in [4.69, 9.17) is 5.73 Å². The van der Waals surface area contributed by atoms with Crippen LogP contribution in [-0.4, -0.2) is 29.6 Å². The molecule has 2 aromatic carbocycles. The molecule has 0 aliphatic carbocycles. The molecule has 8 nitrogen and oxygen atoms in total. The highest BCUT2D eigenvalue weighted by atomic mass is 19.1. The van der Waals surface area contributed by atoms with Gasteiger partial charge in [-0.3, -0.25) is 18.5 Å². The van der Waals surface area contributed by atoms with E-state index in [2.05, 4.69) is 9.97 Å². The molecule has 0 saturated heterocycles. The van der Waals surface area contributed by atoms with Crippen molar-refractivity contribution in [1.82, 2.24) is 23.7 Å². The van der Waals surface area contributed by atoms with Crippen molar-refractivity contribution in [3.05, 3.63) is 88.2 Å². The number of fused-ring (bicyclic) bond motifs is 2. The molecule has 1 amide bonds. The third-order valence-electron chi connectivity index (χ3n) is 5.39.